The Hall–Kier alpha value is 0.137. The largest absolute Gasteiger partial charge is 0.435 e. The Balaban J connectivity index is 1.67. The lowest BCUT2D eigenvalue weighted by atomic mass is 9.88. The lowest BCUT2D eigenvalue weighted by molar-refractivity contribution is 0.355. The van der Waals surface area contributed by atoms with Crippen LogP contribution in [0.1, 0.15) is 25.7 Å². The van der Waals surface area contributed by atoms with Crippen molar-refractivity contribution in [2.45, 2.75) is 50.5 Å². The molecule has 1 aliphatic heterocycles. The Bertz CT molecular complexity index is 161. The maximum absolute atomic E-state index is 9.27. The summed E-state index contributed by atoms with van der Waals surface area (Å²) in [5.41, 5.74) is 0. The van der Waals surface area contributed by atoms with Crippen molar-refractivity contribution in [3.05, 3.63) is 0 Å². The van der Waals surface area contributed by atoms with Gasteiger partial charge in [-0.15, -0.1) is 0 Å². The van der Waals surface area contributed by atoms with E-state index >= 15 is 0 Å². The summed E-state index contributed by atoms with van der Waals surface area (Å²) in [7, 11) is -1.29. The minimum Gasteiger partial charge on any atom is -0.435 e. The summed E-state index contributed by atoms with van der Waals surface area (Å²) in [5, 5.41) is 0. The normalized spacial score (nSPS) is 42.0. The van der Waals surface area contributed by atoms with Crippen molar-refractivity contribution < 1.29 is 9.53 Å². The van der Waals surface area contributed by atoms with Gasteiger partial charge in [0.1, 0.15) is 0 Å². The molecule has 2 aliphatic rings. The van der Waals surface area contributed by atoms with Crippen molar-refractivity contribution in [2.24, 2.45) is 5.92 Å². The van der Waals surface area contributed by atoms with Crippen molar-refractivity contribution in [2.75, 3.05) is 0 Å². The second-order valence-corrected chi connectivity index (χ2v) is 6.59. The van der Waals surface area contributed by atoms with Gasteiger partial charge in [-0.05, 0) is 37.8 Å². The van der Waals surface area contributed by atoms with E-state index in [2.05, 4.69) is 0 Å². The highest BCUT2D eigenvalue weighted by Gasteiger charge is 2.43. The third-order valence-electron chi connectivity index (χ3n) is 3.11. The zero-order valence-electron chi connectivity index (χ0n) is 7.70. The SMILES string of the molecule is C[SiH](O)CCC1CCC2OC2C1. The van der Waals surface area contributed by atoms with Crippen LogP contribution in [0.3, 0.4) is 0 Å². The molecule has 0 aromatic carbocycles. The molecular weight excluding hydrogens is 168 g/mol. The summed E-state index contributed by atoms with van der Waals surface area (Å²) in [4.78, 5) is 9.27. The number of hydrogen-bond donors (Lipinski definition) is 1. The predicted molar refractivity (Wildman–Crippen MR) is 50.7 cm³/mol. The Labute approximate surface area is 75.7 Å². The summed E-state index contributed by atoms with van der Waals surface area (Å²) in [6.07, 6.45) is 6.37. The molecule has 1 aliphatic carbocycles. The first-order chi connectivity index (χ1) is 5.75. The van der Waals surface area contributed by atoms with E-state index in [1.807, 2.05) is 6.55 Å². The van der Waals surface area contributed by atoms with Gasteiger partial charge in [-0.25, -0.2) is 0 Å². The molecule has 0 bridgehead atoms. The van der Waals surface area contributed by atoms with Crippen LogP contribution < -0.4 is 0 Å². The zero-order chi connectivity index (χ0) is 8.55. The molecule has 0 aromatic heterocycles. The fourth-order valence-electron chi connectivity index (χ4n) is 2.23. The van der Waals surface area contributed by atoms with Gasteiger partial charge in [-0.2, -0.15) is 0 Å². The summed E-state index contributed by atoms with van der Waals surface area (Å²) in [6.45, 7) is 2.01. The lowest BCUT2D eigenvalue weighted by Crippen LogP contribution is -2.15. The molecule has 0 spiro atoms. The maximum Gasteiger partial charge on any atom is 0.169 e. The van der Waals surface area contributed by atoms with Gasteiger partial charge in [0, 0.05) is 0 Å². The molecule has 2 fully saturated rings. The quantitative estimate of drug-likeness (QED) is 0.532. The van der Waals surface area contributed by atoms with E-state index in [0.717, 1.165) is 12.0 Å². The first-order valence-corrected chi connectivity index (χ1v) is 7.58. The molecule has 0 aromatic rings. The topological polar surface area (TPSA) is 32.8 Å². The highest BCUT2D eigenvalue weighted by atomic mass is 28.3. The first-order valence-electron chi connectivity index (χ1n) is 5.09. The smallest absolute Gasteiger partial charge is 0.169 e. The second kappa shape index (κ2) is 3.48. The molecule has 0 amide bonds. The molecule has 1 saturated carbocycles. The van der Waals surface area contributed by atoms with Crippen molar-refractivity contribution in [1.29, 1.82) is 0 Å². The summed E-state index contributed by atoms with van der Waals surface area (Å²) in [5.74, 6) is 0.857. The highest BCUT2D eigenvalue weighted by Crippen LogP contribution is 2.40. The van der Waals surface area contributed by atoms with Crippen LogP contribution >= 0.6 is 0 Å². The predicted octanol–water partition coefficient (Wildman–Crippen LogP) is 1.29. The monoisotopic (exact) mass is 186 g/mol. The fourth-order valence-corrected chi connectivity index (χ4v) is 3.18. The number of fused-ring (bicyclic) bond motifs is 1. The Morgan fingerprint density at radius 1 is 1.42 bits per heavy atom. The standard InChI is InChI=1S/C9H18O2Si/c1-12(10)5-4-7-2-3-8-9(6-7)11-8/h7-10,12H,2-6H2,1H3. The van der Waals surface area contributed by atoms with Gasteiger partial charge in [0.2, 0.25) is 0 Å². The number of hydrogen-bond acceptors (Lipinski definition) is 2. The van der Waals surface area contributed by atoms with E-state index in [1.54, 1.807) is 0 Å². The molecule has 2 nitrogen and oxygen atoms in total. The van der Waals surface area contributed by atoms with Gasteiger partial charge in [0.15, 0.2) is 9.04 Å². The molecule has 12 heavy (non-hydrogen) atoms. The second-order valence-electron chi connectivity index (χ2n) is 4.32. The van der Waals surface area contributed by atoms with Gasteiger partial charge in [0.25, 0.3) is 0 Å². The zero-order valence-corrected chi connectivity index (χ0v) is 8.86. The average Bonchev–Trinajstić information content (AvgIpc) is 2.78. The summed E-state index contributed by atoms with van der Waals surface area (Å²) in [6, 6.07) is 1.10. The molecule has 4 unspecified atom stereocenters. The fraction of sp³-hybridized carbons (Fsp3) is 1.00. The maximum atomic E-state index is 9.27. The van der Waals surface area contributed by atoms with E-state index in [4.69, 9.17) is 4.74 Å². The van der Waals surface area contributed by atoms with Crippen LogP contribution in [-0.2, 0) is 4.74 Å². The third kappa shape index (κ3) is 2.09. The minimum atomic E-state index is -1.29. The Kier molecular flexibility index (Phi) is 2.53. The van der Waals surface area contributed by atoms with E-state index in [0.29, 0.717) is 12.2 Å². The molecule has 4 atom stereocenters. The minimum absolute atomic E-state index is 0.611. The Morgan fingerprint density at radius 3 is 2.92 bits per heavy atom. The number of ether oxygens (including phenoxy) is 1. The van der Waals surface area contributed by atoms with Crippen LogP contribution in [0, 0.1) is 5.92 Å². The molecular formula is C9H18O2Si. The van der Waals surface area contributed by atoms with E-state index in [-0.39, 0.29) is 0 Å². The van der Waals surface area contributed by atoms with Gasteiger partial charge in [-0.3, -0.25) is 0 Å². The van der Waals surface area contributed by atoms with Crippen molar-refractivity contribution in [3.63, 3.8) is 0 Å². The molecule has 1 saturated heterocycles. The number of rotatable bonds is 3. The van der Waals surface area contributed by atoms with Crippen LogP contribution in [0.25, 0.3) is 0 Å². The third-order valence-corrected chi connectivity index (χ3v) is 4.27. The Morgan fingerprint density at radius 2 is 2.25 bits per heavy atom. The van der Waals surface area contributed by atoms with E-state index in [9.17, 15) is 4.80 Å². The van der Waals surface area contributed by atoms with E-state index in [1.165, 1.54) is 25.7 Å². The van der Waals surface area contributed by atoms with Crippen LogP contribution in [0.2, 0.25) is 12.6 Å². The van der Waals surface area contributed by atoms with Crippen LogP contribution in [0.5, 0.6) is 0 Å². The molecule has 2 rings (SSSR count). The highest BCUT2D eigenvalue weighted by molar-refractivity contribution is 6.48. The van der Waals surface area contributed by atoms with Crippen molar-refractivity contribution in [3.8, 4) is 0 Å². The summed E-state index contributed by atoms with van der Waals surface area (Å²) < 4.78 is 5.46. The van der Waals surface area contributed by atoms with Gasteiger partial charge < -0.3 is 9.53 Å². The first kappa shape index (κ1) is 8.72. The van der Waals surface area contributed by atoms with Gasteiger partial charge in [0.05, 0.1) is 12.2 Å². The number of epoxide rings is 1. The molecule has 70 valence electrons. The van der Waals surface area contributed by atoms with Crippen molar-refractivity contribution >= 4 is 9.04 Å². The van der Waals surface area contributed by atoms with Gasteiger partial charge >= 0.3 is 0 Å². The van der Waals surface area contributed by atoms with Crippen LogP contribution in [0.15, 0.2) is 0 Å². The van der Waals surface area contributed by atoms with E-state index < -0.39 is 9.04 Å². The molecule has 0 radical (unpaired) electrons. The molecule has 1 heterocycles. The van der Waals surface area contributed by atoms with Crippen LogP contribution in [0.4, 0.5) is 0 Å². The van der Waals surface area contributed by atoms with Gasteiger partial charge in [-0.1, -0.05) is 6.42 Å². The molecule has 3 heteroatoms. The molecule has 1 N–H and O–H groups in total. The van der Waals surface area contributed by atoms with Crippen LogP contribution in [-0.4, -0.2) is 26.0 Å². The summed E-state index contributed by atoms with van der Waals surface area (Å²) >= 11 is 0. The van der Waals surface area contributed by atoms with Crippen molar-refractivity contribution in [1.82, 2.24) is 0 Å². The lowest BCUT2D eigenvalue weighted by Gasteiger charge is -2.18. The average molecular weight is 186 g/mol.